The van der Waals surface area contributed by atoms with Crippen molar-refractivity contribution in [2.75, 3.05) is 42.3 Å². The predicted molar refractivity (Wildman–Crippen MR) is 121 cm³/mol. The van der Waals surface area contributed by atoms with Crippen molar-refractivity contribution in [2.24, 2.45) is 0 Å². The van der Waals surface area contributed by atoms with E-state index < -0.39 is 0 Å². The molecule has 0 rings (SSSR count). The van der Waals surface area contributed by atoms with Gasteiger partial charge in [-0.15, -0.1) is 0 Å². The first-order valence-corrected chi connectivity index (χ1v) is 10.0. The topological polar surface area (TPSA) is 73.5 Å². The monoisotopic (exact) mass is 390 g/mol. The van der Waals surface area contributed by atoms with E-state index in [1.807, 2.05) is 40.1 Å². The van der Waals surface area contributed by atoms with Crippen molar-refractivity contribution in [1.82, 2.24) is 20.9 Å². The van der Waals surface area contributed by atoms with Gasteiger partial charge in [0.25, 0.3) is 0 Å². The molecule has 0 aromatic heterocycles. The van der Waals surface area contributed by atoms with Crippen LogP contribution >= 0.6 is 0 Å². The fourth-order valence-corrected chi connectivity index (χ4v) is 1.38. The first-order chi connectivity index (χ1) is 12.4. The largest absolute Gasteiger partial charge is 0.317 e. The third-order valence-electron chi connectivity index (χ3n) is 3.69. The SMILES string of the molecule is CCC(C)NC.CCC(C)NC.CN(C)C.CNC(CC(C)=O)CC(C)=O. The summed E-state index contributed by atoms with van der Waals surface area (Å²) >= 11 is 0. The fraction of sp³-hybridized carbons (Fsp3) is 0.905. The molecule has 0 aromatic carbocycles. The van der Waals surface area contributed by atoms with Crippen molar-refractivity contribution in [2.45, 2.75) is 85.4 Å². The maximum absolute atomic E-state index is 10.6. The highest BCUT2D eigenvalue weighted by molar-refractivity contribution is 5.79. The van der Waals surface area contributed by atoms with Gasteiger partial charge in [0.05, 0.1) is 0 Å². The van der Waals surface area contributed by atoms with Gasteiger partial charge in [0.2, 0.25) is 0 Å². The molecular weight excluding hydrogens is 340 g/mol. The van der Waals surface area contributed by atoms with E-state index in [-0.39, 0.29) is 17.6 Å². The highest BCUT2D eigenvalue weighted by Crippen LogP contribution is 1.98. The molecule has 0 aliphatic rings. The summed E-state index contributed by atoms with van der Waals surface area (Å²) < 4.78 is 0. The summed E-state index contributed by atoms with van der Waals surface area (Å²) in [5.74, 6) is 0.233. The van der Waals surface area contributed by atoms with Crippen molar-refractivity contribution in [3.05, 3.63) is 0 Å². The van der Waals surface area contributed by atoms with E-state index in [0.29, 0.717) is 24.9 Å². The van der Waals surface area contributed by atoms with Crippen LogP contribution in [0, 0.1) is 0 Å². The Morgan fingerprint density at radius 3 is 1.07 bits per heavy atom. The summed E-state index contributed by atoms with van der Waals surface area (Å²) in [5, 5.41) is 9.15. The summed E-state index contributed by atoms with van der Waals surface area (Å²) in [4.78, 5) is 23.3. The molecular formula is C21H50N4O2. The number of Topliss-reactive ketones (excluding diaryl/α,β-unsaturated/α-hetero) is 2. The minimum Gasteiger partial charge on any atom is -0.317 e. The van der Waals surface area contributed by atoms with Gasteiger partial charge >= 0.3 is 0 Å². The smallest absolute Gasteiger partial charge is 0.131 e. The predicted octanol–water partition coefficient (Wildman–Crippen LogP) is 2.72. The van der Waals surface area contributed by atoms with Gasteiger partial charge in [-0.25, -0.2) is 0 Å². The molecule has 0 bridgehead atoms. The highest BCUT2D eigenvalue weighted by atomic mass is 16.1. The number of carbonyl (C=O) groups is 2. The van der Waals surface area contributed by atoms with Gasteiger partial charge in [0, 0.05) is 31.0 Å². The van der Waals surface area contributed by atoms with Crippen molar-refractivity contribution < 1.29 is 9.59 Å². The molecule has 0 fully saturated rings. The van der Waals surface area contributed by atoms with E-state index in [9.17, 15) is 9.59 Å². The second kappa shape index (κ2) is 25.2. The minimum absolute atomic E-state index is 0.0185. The summed E-state index contributed by atoms with van der Waals surface area (Å²) in [7, 11) is 11.7. The molecule has 0 aliphatic heterocycles. The van der Waals surface area contributed by atoms with Crippen LogP contribution < -0.4 is 16.0 Å². The Hall–Kier alpha value is -0.820. The molecule has 0 heterocycles. The number of rotatable bonds is 9. The van der Waals surface area contributed by atoms with Crippen molar-refractivity contribution in [3.63, 3.8) is 0 Å². The van der Waals surface area contributed by atoms with Crippen LogP contribution in [0.25, 0.3) is 0 Å². The molecule has 0 saturated heterocycles. The molecule has 3 N–H and O–H groups in total. The highest BCUT2D eigenvalue weighted by Gasteiger charge is 2.10. The number of ketones is 2. The van der Waals surface area contributed by atoms with E-state index in [0.717, 1.165) is 0 Å². The third-order valence-corrected chi connectivity index (χ3v) is 3.69. The zero-order chi connectivity index (χ0) is 22.4. The lowest BCUT2D eigenvalue weighted by atomic mass is 10.1. The molecule has 27 heavy (non-hydrogen) atoms. The van der Waals surface area contributed by atoms with E-state index in [2.05, 4.69) is 43.6 Å². The summed E-state index contributed by atoms with van der Waals surface area (Å²) in [5.41, 5.74) is 0. The fourth-order valence-electron chi connectivity index (χ4n) is 1.38. The lowest BCUT2D eigenvalue weighted by Gasteiger charge is -2.11. The van der Waals surface area contributed by atoms with E-state index in [1.54, 1.807) is 7.05 Å². The van der Waals surface area contributed by atoms with Crippen LogP contribution in [0.2, 0.25) is 0 Å². The number of nitrogens with zero attached hydrogens (tertiary/aromatic N) is 1. The lowest BCUT2D eigenvalue weighted by Crippen LogP contribution is -2.29. The Kier molecular flexibility index (Phi) is 31.5. The molecule has 2 unspecified atom stereocenters. The molecule has 0 saturated carbocycles. The summed E-state index contributed by atoms with van der Waals surface area (Å²) in [6, 6.07) is 1.39. The zero-order valence-electron chi connectivity index (χ0n) is 20.3. The normalized spacial score (nSPS) is 11.9. The van der Waals surface area contributed by atoms with Crippen LogP contribution in [0.4, 0.5) is 0 Å². The van der Waals surface area contributed by atoms with E-state index in [1.165, 1.54) is 26.7 Å². The summed E-state index contributed by atoms with van der Waals surface area (Å²) in [6.45, 7) is 11.7. The second-order valence-electron chi connectivity index (χ2n) is 7.34. The zero-order valence-corrected chi connectivity index (χ0v) is 20.3. The molecule has 0 spiro atoms. The maximum atomic E-state index is 10.6. The molecule has 0 aromatic rings. The average Bonchev–Trinajstić information content (AvgIpc) is 2.59. The van der Waals surface area contributed by atoms with Crippen LogP contribution in [-0.2, 0) is 9.59 Å². The summed E-state index contributed by atoms with van der Waals surface area (Å²) in [6.07, 6.45) is 3.32. The van der Waals surface area contributed by atoms with E-state index >= 15 is 0 Å². The average molecular weight is 391 g/mol. The first-order valence-electron chi connectivity index (χ1n) is 10.0. The van der Waals surface area contributed by atoms with Crippen LogP contribution in [0.15, 0.2) is 0 Å². The Labute approximate surface area is 170 Å². The quantitative estimate of drug-likeness (QED) is 0.562. The van der Waals surface area contributed by atoms with Gasteiger partial charge in [-0.3, -0.25) is 9.59 Å². The van der Waals surface area contributed by atoms with Crippen LogP contribution in [-0.4, -0.2) is 76.9 Å². The number of hydrogen-bond acceptors (Lipinski definition) is 6. The lowest BCUT2D eigenvalue weighted by molar-refractivity contribution is -0.118. The Morgan fingerprint density at radius 2 is 1.00 bits per heavy atom. The van der Waals surface area contributed by atoms with Gasteiger partial charge < -0.3 is 20.9 Å². The molecule has 0 radical (unpaired) electrons. The van der Waals surface area contributed by atoms with Crippen LogP contribution in [0.5, 0.6) is 0 Å². The van der Waals surface area contributed by atoms with Gasteiger partial charge in [-0.05, 0) is 82.8 Å². The minimum atomic E-state index is 0.0185. The van der Waals surface area contributed by atoms with Crippen molar-refractivity contribution in [3.8, 4) is 0 Å². The van der Waals surface area contributed by atoms with E-state index in [4.69, 9.17) is 0 Å². The Bertz CT molecular complexity index is 287. The Balaban J connectivity index is -0.000000142. The number of nitrogens with one attached hydrogen (secondary N) is 3. The van der Waals surface area contributed by atoms with Crippen molar-refractivity contribution >= 4 is 11.6 Å². The standard InChI is InChI=1S/C8H15NO2.2C5H13N.C3H9N/c1-6(10)4-8(9-3)5-7(2)11;2*1-4-5(2)6-3;1-4(2)3/h8-9H,4-5H2,1-3H3;2*5-6H,4H2,1-3H3;1-3H3. The van der Waals surface area contributed by atoms with Gasteiger partial charge in [0.15, 0.2) is 0 Å². The number of carbonyl (C=O) groups excluding carboxylic acids is 2. The Morgan fingerprint density at radius 1 is 0.741 bits per heavy atom. The molecule has 0 amide bonds. The second-order valence-corrected chi connectivity index (χ2v) is 7.34. The molecule has 6 heteroatoms. The number of hydrogen-bond donors (Lipinski definition) is 3. The van der Waals surface area contributed by atoms with Crippen molar-refractivity contribution in [1.29, 1.82) is 0 Å². The van der Waals surface area contributed by atoms with Gasteiger partial charge in [-0.1, -0.05) is 13.8 Å². The molecule has 0 aliphatic carbocycles. The third kappa shape index (κ3) is 45.8. The molecule has 6 nitrogen and oxygen atoms in total. The van der Waals surface area contributed by atoms with Gasteiger partial charge in [0.1, 0.15) is 11.6 Å². The van der Waals surface area contributed by atoms with Gasteiger partial charge in [-0.2, -0.15) is 0 Å². The first kappa shape index (κ1) is 33.7. The molecule has 2 atom stereocenters. The maximum Gasteiger partial charge on any atom is 0.131 e. The molecule has 166 valence electrons. The van der Waals surface area contributed by atoms with Crippen LogP contribution in [0.1, 0.15) is 67.2 Å². The van der Waals surface area contributed by atoms with Crippen LogP contribution in [0.3, 0.4) is 0 Å².